The molecule has 0 saturated carbocycles. The number of aromatic nitrogens is 6. The van der Waals surface area contributed by atoms with E-state index in [9.17, 15) is 9.59 Å². The summed E-state index contributed by atoms with van der Waals surface area (Å²) < 4.78 is 0. The molecule has 0 aliphatic rings. The zero-order valence-electron chi connectivity index (χ0n) is 21.7. The highest BCUT2D eigenvalue weighted by Crippen LogP contribution is 2.36. The summed E-state index contributed by atoms with van der Waals surface area (Å²) in [5.41, 5.74) is 7.17. The van der Waals surface area contributed by atoms with Crippen molar-refractivity contribution in [2.75, 3.05) is 5.32 Å². The number of pyridine rings is 3. The summed E-state index contributed by atoms with van der Waals surface area (Å²) in [6, 6.07) is 22.5. The second kappa shape index (κ2) is 9.92. The van der Waals surface area contributed by atoms with Crippen molar-refractivity contribution >= 4 is 50.8 Å². The van der Waals surface area contributed by atoms with Gasteiger partial charge < -0.3 is 10.3 Å². The van der Waals surface area contributed by atoms with Gasteiger partial charge in [0.2, 0.25) is 0 Å². The van der Waals surface area contributed by atoms with Crippen LogP contribution < -0.4 is 5.32 Å². The summed E-state index contributed by atoms with van der Waals surface area (Å²) in [5.74, 6) is -0.164. The Labute approximate surface area is 237 Å². The molecule has 3 N–H and O–H groups in total. The standard InChI is InChI=1S/C31H21N7O2S/c1-17(39)26-9-10-27(41-26)21-11-12-33-30-22(21)14-25(36-30)29-28-24(37-38-29)8-7-23(35-28)19-13-20(16-32-15-19)34-31(40)18-5-3-2-4-6-18/h2-16H,1H3,(H,33,36)(H,34,40)(H,37,38). The predicted molar refractivity (Wildman–Crippen MR) is 160 cm³/mol. The van der Waals surface area contributed by atoms with E-state index in [0.29, 0.717) is 38.7 Å². The largest absolute Gasteiger partial charge is 0.338 e. The lowest BCUT2D eigenvalue weighted by Crippen LogP contribution is -2.11. The number of amides is 1. The number of nitrogens with one attached hydrogen (secondary N) is 3. The first kappa shape index (κ1) is 24.6. The van der Waals surface area contributed by atoms with Crippen LogP contribution in [0.1, 0.15) is 27.0 Å². The van der Waals surface area contributed by atoms with Crippen LogP contribution in [0.25, 0.3) is 55.2 Å². The van der Waals surface area contributed by atoms with E-state index in [-0.39, 0.29) is 11.7 Å². The molecule has 7 aromatic rings. The third kappa shape index (κ3) is 4.56. The zero-order chi connectivity index (χ0) is 27.9. The van der Waals surface area contributed by atoms with Gasteiger partial charge >= 0.3 is 0 Å². The molecule has 0 bridgehead atoms. The minimum Gasteiger partial charge on any atom is -0.338 e. The molecule has 1 aromatic carbocycles. The second-order valence-electron chi connectivity index (χ2n) is 9.47. The normalized spacial score (nSPS) is 11.2. The minimum absolute atomic E-state index is 0.0468. The Morgan fingerprint density at radius 2 is 1.83 bits per heavy atom. The molecule has 0 atom stereocenters. The van der Waals surface area contributed by atoms with E-state index in [1.54, 1.807) is 37.6 Å². The van der Waals surface area contributed by atoms with Crippen molar-refractivity contribution in [3.63, 3.8) is 0 Å². The fourth-order valence-electron chi connectivity index (χ4n) is 4.73. The van der Waals surface area contributed by atoms with Gasteiger partial charge in [0.1, 0.15) is 16.9 Å². The van der Waals surface area contributed by atoms with Gasteiger partial charge in [0.05, 0.1) is 33.7 Å². The number of hydrogen-bond donors (Lipinski definition) is 3. The number of H-pyrrole nitrogens is 2. The summed E-state index contributed by atoms with van der Waals surface area (Å²) in [6.07, 6.45) is 5.07. The lowest BCUT2D eigenvalue weighted by molar-refractivity contribution is 0.101. The highest BCUT2D eigenvalue weighted by Gasteiger charge is 2.17. The molecular weight excluding hydrogens is 534 g/mol. The van der Waals surface area contributed by atoms with Crippen LogP contribution in [0.15, 0.2) is 91.4 Å². The average Bonchev–Trinajstić information content (AvgIpc) is 3.75. The van der Waals surface area contributed by atoms with E-state index in [1.165, 1.54) is 11.3 Å². The summed E-state index contributed by atoms with van der Waals surface area (Å²) in [7, 11) is 0. The molecular formula is C31H21N7O2S. The lowest BCUT2D eigenvalue weighted by atomic mass is 10.1. The smallest absolute Gasteiger partial charge is 0.255 e. The monoisotopic (exact) mass is 555 g/mol. The number of carbonyl (C=O) groups is 2. The first-order valence-corrected chi connectivity index (χ1v) is 13.6. The van der Waals surface area contributed by atoms with E-state index in [4.69, 9.17) is 4.98 Å². The molecule has 6 aromatic heterocycles. The average molecular weight is 556 g/mol. The van der Waals surface area contributed by atoms with Gasteiger partial charge in [-0.3, -0.25) is 19.7 Å². The van der Waals surface area contributed by atoms with Crippen molar-refractivity contribution in [2.24, 2.45) is 0 Å². The topological polar surface area (TPSA) is 129 Å². The van der Waals surface area contributed by atoms with Crippen LogP contribution in [-0.2, 0) is 0 Å². The molecule has 0 fully saturated rings. The Hall–Kier alpha value is -5.48. The maximum absolute atomic E-state index is 12.6. The van der Waals surface area contributed by atoms with Crippen molar-refractivity contribution in [1.29, 1.82) is 0 Å². The van der Waals surface area contributed by atoms with Crippen molar-refractivity contribution in [2.45, 2.75) is 6.92 Å². The SMILES string of the molecule is CC(=O)c1ccc(-c2ccnc3[nH]c(-c4n[nH]c5ccc(-c6cncc(NC(=O)c7ccccc7)c6)nc45)cc23)s1. The molecule has 0 spiro atoms. The van der Waals surface area contributed by atoms with E-state index >= 15 is 0 Å². The first-order chi connectivity index (χ1) is 20.0. The fourth-order valence-corrected chi connectivity index (χ4v) is 5.67. The molecule has 0 saturated heterocycles. The number of carbonyl (C=O) groups excluding carboxylic acids is 2. The molecule has 6 heterocycles. The van der Waals surface area contributed by atoms with Crippen LogP contribution >= 0.6 is 11.3 Å². The number of aromatic amines is 2. The van der Waals surface area contributed by atoms with Crippen molar-refractivity contribution < 1.29 is 9.59 Å². The zero-order valence-corrected chi connectivity index (χ0v) is 22.5. The molecule has 0 unspecified atom stereocenters. The predicted octanol–water partition coefficient (Wildman–Crippen LogP) is 6.75. The van der Waals surface area contributed by atoms with Gasteiger partial charge in [-0.25, -0.2) is 9.97 Å². The third-order valence-electron chi connectivity index (χ3n) is 6.74. The highest BCUT2D eigenvalue weighted by molar-refractivity contribution is 7.17. The fraction of sp³-hybridized carbons (Fsp3) is 0.0323. The molecule has 0 radical (unpaired) electrons. The highest BCUT2D eigenvalue weighted by atomic mass is 32.1. The molecule has 1 amide bonds. The van der Waals surface area contributed by atoms with Gasteiger partial charge in [0, 0.05) is 39.3 Å². The Bertz CT molecular complexity index is 2090. The molecule has 0 aliphatic carbocycles. The molecule has 9 nitrogen and oxygen atoms in total. The first-order valence-electron chi connectivity index (χ1n) is 12.8. The van der Waals surface area contributed by atoms with Crippen LogP contribution in [0.3, 0.4) is 0 Å². The Balaban J connectivity index is 1.24. The van der Waals surface area contributed by atoms with E-state index in [1.807, 2.05) is 60.7 Å². The number of benzene rings is 1. The van der Waals surface area contributed by atoms with Gasteiger partial charge in [0.25, 0.3) is 5.91 Å². The van der Waals surface area contributed by atoms with Crippen LogP contribution in [0, 0.1) is 0 Å². The van der Waals surface area contributed by atoms with Gasteiger partial charge in [-0.05, 0) is 61.5 Å². The number of fused-ring (bicyclic) bond motifs is 2. The van der Waals surface area contributed by atoms with E-state index < -0.39 is 0 Å². The van der Waals surface area contributed by atoms with Gasteiger partial charge in [-0.15, -0.1) is 11.3 Å². The van der Waals surface area contributed by atoms with Gasteiger partial charge in [-0.1, -0.05) is 18.2 Å². The van der Waals surface area contributed by atoms with Crippen LogP contribution in [0.2, 0.25) is 0 Å². The summed E-state index contributed by atoms with van der Waals surface area (Å²) >= 11 is 1.46. The van der Waals surface area contributed by atoms with E-state index in [2.05, 4.69) is 30.5 Å². The number of Topliss-reactive ketones (excluding diaryl/α,β-unsaturated/α-hetero) is 1. The number of thiophene rings is 1. The number of anilines is 1. The lowest BCUT2D eigenvalue weighted by Gasteiger charge is -2.07. The van der Waals surface area contributed by atoms with Crippen LogP contribution in [0.4, 0.5) is 5.69 Å². The van der Waals surface area contributed by atoms with Crippen LogP contribution in [-0.4, -0.2) is 41.8 Å². The quantitative estimate of drug-likeness (QED) is 0.195. The number of nitrogens with zero attached hydrogens (tertiary/aromatic N) is 4. The van der Waals surface area contributed by atoms with Crippen molar-refractivity contribution in [1.82, 2.24) is 30.1 Å². The maximum atomic E-state index is 12.6. The Kier molecular flexibility index (Phi) is 5.94. The summed E-state index contributed by atoms with van der Waals surface area (Å²) in [4.78, 5) is 43.3. The third-order valence-corrected chi connectivity index (χ3v) is 7.96. The van der Waals surface area contributed by atoms with E-state index in [0.717, 1.165) is 32.6 Å². The second-order valence-corrected chi connectivity index (χ2v) is 10.6. The number of ketones is 1. The van der Waals surface area contributed by atoms with Crippen LogP contribution in [0.5, 0.6) is 0 Å². The number of hydrogen-bond acceptors (Lipinski definition) is 7. The molecule has 198 valence electrons. The maximum Gasteiger partial charge on any atom is 0.255 e. The van der Waals surface area contributed by atoms with Crippen molar-refractivity contribution in [3.8, 4) is 33.1 Å². The Morgan fingerprint density at radius 3 is 2.66 bits per heavy atom. The molecule has 41 heavy (non-hydrogen) atoms. The molecule has 7 rings (SSSR count). The summed E-state index contributed by atoms with van der Waals surface area (Å²) in [6.45, 7) is 1.57. The van der Waals surface area contributed by atoms with Crippen molar-refractivity contribution in [3.05, 3.63) is 102 Å². The van der Waals surface area contributed by atoms with Gasteiger partial charge in [0.15, 0.2) is 5.78 Å². The Morgan fingerprint density at radius 1 is 0.951 bits per heavy atom. The molecule has 0 aliphatic heterocycles. The van der Waals surface area contributed by atoms with Gasteiger partial charge in [-0.2, -0.15) is 5.10 Å². The molecule has 10 heteroatoms. The number of rotatable bonds is 6. The minimum atomic E-state index is -0.211. The summed E-state index contributed by atoms with van der Waals surface area (Å²) in [5, 5.41) is 11.5.